The number of ether oxygens (including phenoxy) is 1. The summed E-state index contributed by atoms with van der Waals surface area (Å²) in [6.45, 7) is 4.35. The molecule has 1 amide bonds. The summed E-state index contributed by atoms with van der Waals surface area (Å²) in [7, 11) is 0. The molecular formula is C31H48N2O3. The molecule has 1 atom stereocenters. The maximum atomic E-state index is 12.6. The molecule has 36 heavy (non-hydrogen) atoms. The van der Waals surface area contributed by atoms with Gasteiger partial charge in [-0.05, 0) is 50.7 Å². The Morgan fingerprint density at radius 2 is 1.53 bits per heavy atom. The maximum Gasteiger partial charge on any atom is 0.328 e. The topological polar surface area (TPSA) is 71.2 Å². The molecule has 0 saturated heterocycles. The summed E-state index contributed by atoms with van der Waals surface area (Å²) in [5.74, 6) is -0.453. The number of hydrogen-bond acceptors (Lipinski definition) is 3. The molecule has 0 aliphatic heterocycles. The highest BCUT2D eigenvalue weighted by Gasteiger charge is 2.23. The molecule has 0 radical (unpaired) electrons. The number of amides is 1. The predicted molar refractivity (Wildman–Crippen MR) is 150 cm³/mol. The second-order valence-electron chi connectivity index (χ2n) is 9.77. The summed E-state index contributed by atoms with van der Waals surface area (Å²) >= 11 is 0. The van der Waals surface area contributed by atoms with Crippen molar-refractivity contribution in [3.63, 3.8) is 0 Å². The Kier molecular flexibility index (Phi) is 15.4. The molecular weight excluding hydrogens is 448 g/mol. The van der Waals surface area contributed by atoms with Crippen molar-refractivity contribution >= 4 is 22.8 Å². The lowest BCUT2D eigenvalue weighted by Gasteiger charge is -2.17. The summed E-state index contributed by atoms with van der Waals surface area (Å²) in [5, 5.41) is 3.99. The highest BCUT2D eigenvalue weighted by molar-refractivity contribution is 5.87. The lowest BCUT2D eigenvalue weighted by atomic mass is 10.0. The van der Waals surface area contributed by atoms with Crippen LogP contribution < -0.4 is 5.32 Å². The molecule has 1 aromatic heterocycles. The third kappa shape index (κ3) is 11.9. The van der Waals surface area contributed by atoms with Crippen molar-refractivity contribution in [1.82, 2.24) is 10.3 Å². The van der Waals surface area contributed by atoms with Gasteiger partial charge in [-0.1, -0.05) is 88.6 Å². The van der Waals surface area contributed by atoms with Crippen molar-refractivity contribution in [2.45, 2.75) is 116 Å². The van der Waals surface area contributed by atoms with E-state index in [1.54, 1.807) is 6.92 Å². The van der Waals surface area contributed by atoms with Crippen molar-refractivity contribution in [2.75, 3.05) is 6.61 Å². The largest absolute Gasteiger partial charge is 0.464 e. The van der Waals surface area contributed by atoms with Gasteiger partial charge in [0.1, 0.15) is 6.04 Å². The number of esters is 1. The minimum Gasteiger partial charge on any atom is -0.464 e. The molecule has 2 rings (SSSR count). The first kappa shape index (κ1) is 29.7. The van der Waals surface area contributed by atoms with E-state index in [9.17, 15) is 9.59 Å². The minimum absolute atomic E-state index is 0.0782. The Morgan fingerprint density at radius 3 is 2.22 bits per heavy atom. The molecule has 1 unspecified atom stereocenters. The van der Waals surface area contributed by atoms with Gasteiger partial charge in [0.15, 0.2) is 0 Å². The Hall–Kier alpha value is -2.56. The van der Waals surface area contributed by atoms with E-state index in [0.29, 0.717) is 19.4 Å². The third-order valence-electron chi connectivity index (χ3n) is 6.67. The fourth-order valence-electron chi connectivity index (χ4n) is 4.58. The van der Waals surface area contributed by atoms with Gasteiger partial charge in [0.25, 0.3) is 0 Å². The van der Waals surface area contributed by atoms with Crippen LogP contribution in [0.4, 0.5) is 0 Å². The van der Waals surface area contributed by atoms with Crippen LogP contribution in [0.1, 0.15) is 109 Å². The first-order chi connectivity index (χ1) is 17.7. The number of fused-ring (bicyclic) bond motifs is 1. The number of para-hydroxylation sites is 1. The Morgan fingerprint density at radius 1 is 0.889 bits per heavy atom. The average Bonchev–Trinajstić information content (AvgIpc) is 3.29. The van der Waals surface area contributed by atoms with Gasteiger partial charge in [-0.15, -0.1) is 0 Å². The Balaban J connectivity index is 1.59. The molecule has 0 bridgehead atoms. The molecule has 0 aliphatic carbocycles. The zero-order chi connectivity index (χ0) is 25.8. The smallest absolute Gasteiger partial charge is 0.328 e. The average molecular weight is 497 g/mol. The van der Waals surface area contributed by atoms with Crippen LogP contribution in [-0.2, 0) is 20.7 Å². The van der Waals surface area contributed by atoms with E-state index in [1.807, 2.05) is 30.5 Å². The van der Waals surface area contributed by atoms with Gasteiger partial charge in [0.05, 0.1) is 6.61 Å². The highest BCUT2D eigenvalue weighted by Crippen LogP contribution is 2.19. The zero-order valence-electron chi connectivity index (χ0n) is 22.7. The molecule has 0 aliphatic rings. The van der Waals surface area contributed by atoms with Gasteiger partial charge in [-0.25, -0.2) is 4.79 Å². The van der Waals surface area contributed by atoms with Gasteiger partial charge in [-0.2, -0.15) is 0 Å². The van der Waals surface area contributed by atoms with Gasteiger partial charge < -0.3 is 15.0 Å². The van der Waals surface area contributed by atoms with E-state index in [-0.39, 0.29) is 11.9 Å². The number of rotatable bonds is 20. The fourth-order valence-corrected chi connectivity index (χ4v) is 4.58. The molecule has 0 saturated carbocycles. The molecule has 2 N–H and O–H groups in total. The number of carbonyl (C=O) groups excluding carboxylic acids is 2. The number of carbonyl (C=O) groups is 2. The van der Waals surface area contributed by atoms with Crippen LogP contribution in [0.3, 0.4) is 0 Å². The molecule has 200 valence electrons. The van der Waals surface area contributed by atoms with Crippen molar-refractivity contribution in [2.24, 2.45) is 0 Å². The van der Waals surface area contributed by atoms with E-state index in [0.717, 1.165) is 42.1 Å². The number of hydrogen-bond donors (Lipinski definition) is 2. The number of nitrogens with one attached hydrogen (secondary N) is 2. The molecule has 5 nitrogen and oxygen atoms in total. The highest BCUT2D eigenvalue weighted by atomic mass is 16.5. The molecule has 1 aromatic carbocycles. The Labute approximate surface area is 218 Å². The van der Waals surface area contributed by atoms with Crippen LogP contribution >= 0.6 is 0 Å². The van der Waals surface area contributed by atoms with Crippen molar-refractivity contribution in [3.8, 4) is 0 Å². The standard InChI is InChI=1S/C31H48N2O3/c1-3-5-6-7-8-9-10-11-12-13-14-15-16-17-18-23-30(34)33-29(31(35)36-4-2)24-26-25-32-28-22-20-19-21-27(26)28/h11-12,19-22,25,29,32H,3-10,13-18,23-24H2,1-2H3,(H,33,34)/b12-11-. The number of aromatic nitrogens is 1. The minimum atomic E-state index is -0.667. The van der Waals surface area contributed by atoms with E-state index in [2.05, 4.69) is 29.4 Å². The number of aromatic amines is 1. The van der Waals surface area contributed by atoms with Crippen LogP contribution in [0.5, 0.6) is 0 Å². The summed E-state index contributed by atoms with van der Waals surface area (Å²) < 4.78 is 5.23. The van der Waals surface area contributed by atoms with Gasteiger partial charge in [0, 0.05) is 29.9 Å². The molecule has 1 heterocycles. The number of allylic oxidation sites excluding steroid dienone is 2. The van der Waals surface area contributed by atoms with E-state index >= 15 is 0 Å². The summed E-state index contributed by atoms with van der Waals surface area (Å²) in [6, 6.07) is 7.31. The van der Waals surface area contributed by atoms with E-state index in [4.69, 9.17) is 4.74 Å². The van der Waals surface area contributed by atoms with Crippen LogP contribution in [0.2, 0.25) is 0 Å². The monoisotopic (exact) mass is 496 g/mol. The van der Waals surface area contributed by atoms with Crippen molar-refractivity contribution in [3.05, 3.63) is 48.2 Å². The van der Waals surface area contributed by atoms with Crippen LogP contribution in [0.25, 0.3) is 10.9 Å². The molecule has 0 spiro atoms. The third-order valence-corrected chi connectivity index (χ3v) is 6.67. The first-order valence-corrected chi connectivity index (χ1v) is 14.3. The van der Waals surface area contributed by atoms with Crippen molar-refractivity contribution < 1.29 is 14.3 Å². The van der Waals surface area contributed by atoms with Crippen LogP contribution in [0, 0.1) is 0 Å². The van der Waals surface area contributed by atoms with Gasteiger partial charge in [-0.3, -0.25) is 4.79 Å². The maximum absolute atomic E-state index is 12.6. The summed E-state index contributed by atoms with van der Waals surface area (Å²) in [5.41, 5.74) is 2.03. The second kappa shape index (κ2) is 18.7. The fraction of sp³-hybridized carbons (Fsp3) is 0.613. The Bertz CT molecular complexity index is 902. The predicted octanol–water partition coefficient (Wildman–Crippen LogP) is 7.80. The SMILES string of the molecule is CCCCCCCC/C=C\CCCCCCCC(=O)NC(Cc1c[nH]c2ccccc12)C(=O)OCC. The van der Waals surface area contributed by atoms with Crippen LogP contribution in [0.15, 0.2) is 42.6 Å². The molecule has 0 fully saturated rings. The second-order valence-corrected chi connectivity index (χ2v) is 9.77. The van der Waals surface area contributed by atoms with Gasteiger partial charge in [0.2, 0.25) is 5.91 Å². The van der Waals surface area contributed by atoms with Crippen molar-refractivity contribution in [1.29, 1.82) is 0 Å². The van der Waals surface area contributed by atoms with Crippen LogP contribution in [-0.4, -0.2) is 29.5 Å². The van der Waals surface area contributed by atoms with E-state index < -0.39 is 6.04 Å². The van der Waals surface area contributed by atoms with Gasteiger partial charge >= 0.3 is 5.97 Å². The zero-order valence-corrected chi connectivity index (χ0v) is 22.7. The lowest BCUT2D eigenvalue weighted by Crippen LogP contribution is -2.43. The number of benzene rings is 1. The molecule has 5 heteroatoms. The molecule has 2 aromatic rings. The lowest BCUT2D eigenvalue weighted by molar-refractivity contribution is -0.147. The summed E-state index contributed by atoms with van der Waals surface area (Å²) in [6.07, 6.45) is 23.4. The first-order valence-electron chi connectivity index (χ1n) is 14.3. The number of H-pyrrole nitrogens is 1. The number of unbranched alkanes of at least 4 members (excludes halogenated alkanes) is 11. The summed E-state index contributed by atoms with van der Waals surface area (Å²) in [4.78, 5) is 28.3. The normalized spacial score (nSPS) is 12.3. The van der Waals surface area contributed by atoms with E-state index in [1.165, 1.54) is 57.8 Å². The quantitative estimate of drug-likeness (QED) is 0.112.